The summed E-state index contributed by atoms with van der Waals surface area (Å²) < 4.78 is 7.46. The molecule has 6 nitrogen and oxygen atoms in total. The molecule has 0 amide bonds. The van der Waals surface area contributed by atoms with Crippen LogP contribution in [0.3, 0.4) is 0 Å². The Morgan fingerprint density at radius 3 is 2.73 bits per heavy atom. The predicted octanol–water partition coefficient (Wildman–Crippen LogP) is 2.90. The van der Waals surface area contributed by atoms with E-state index in [1.54, 1.807) is 6.07 Å². The van der Waals surface area contributed by atoms with Crippen molar-refractivity contribution in [3.05, 3.63) is 58.0 Å². The number of fused-ring (bicyclic) bond motifs is 1. The van der Waals surface area contributed by atoms with Crippen LogP contribution in [0.15, 0.2) is 41.2 Å². The molecule has 26 heavy (non-hydrogen) atoms. The number of hydrogen-bond acceptors (Lipinski definition) is 6. The Bertz CT molecular complexity index is 930. The van der Waals surface area contributed by atoms with Crippen LogP contribution in [0.5, 0.6) is 0 Å². The van der Waals surface area contributed by atoms with E-state index in [-0.39, 0.29) is 11.7 Å². The SMILES string of the molecule is CCc1cc(=O)n2nc(N3CCC(OCc4ccccc4)CC3)sc2n1. The number of nitrogens with zero attached hydrogens (tertiary/aromatic N) is 4. The van der Waals surface area contributed by atoms with Crippen LogP contribution in [0, 0.1) is 0 Å². The van der Waals surface area contributed by atoms with Gasteiger partial charge < -0.3 is 9.64 Å². The topological polar surface area (TPSA) is 59.7 Å². The number of anilines is 1. The summed E-state index contributed by atoms with van der Waals surface area (Å²) in [4.78, 5) is 19.6. The lowest BCUT2D eigenvalue weighted by molar-refractivity contribution is 0.0251. The number of rotatable bonds is 5. The fourth-order valence-electron chi connectivity index (χ4n) is 3.16. The summed E-state index contributed by atoms with van der Waals surface area (Å²) in [5.74, 6) is 0. The highest BCUT2D eigenvalue weighted by Crippen LogP contribution is 2.26. The van der Waals surface area contributed by atoms with Gasteiger partial charge >= 0.3 is 0 Å². The van der Waals surface area contributed by atoms with E-state index in [0.717, 1.165) is 43.2 Å². The first-order valence-corrected chi connectivity index (χ1v) is 9.85. The highest BCUT2D eigenvalue weighted by atomic mass is 32.1. The molecule has 0 bridgehead atoms. The van der Waals surface area contributed by atoms with E-state index in [2.05, 4.69) is 27.1 Å². The molecule has 3 heterocycles. The molecule has 7 heteroatoms. The van der Waals surface area contributed by atoms with Crippen molar-refractivity contribution in [1.29, 1.82) is 0 Å². The molecule has 0 aliphatic carbocycles. The average Bonchev–Trinajstić information content (AvgIpc) is 3.12. The molecule has 1 aliphatic rings. The van der Waals surface area contributed by atoms with E-state index in [4.69, 9.17) is 4.74 Å². The molecule has 0 N–H and O–H groups in total. The molecule has 0 spiro atoms. The number of ether oxygens (including phenoxy) is 1. The smallest absolute Gasteiger partial charge is 0.275 e. The second-order valence-electron chi connectivity index (χ2n) is 6.50. The minimum atomic E-state index is -0.101. The van der Waals surface area contributed by atoms with Crippen LogP contribution in [-0.2, 0) is 17.8 Å². The maximum Gasteiger partial charge on any atom is 0.275 e. The van der Waals surface area contributed by atoms with Gasteiger partial charge in [0.2, 0.25) is 10.1 Å². The quantitative estimate of drug-likeness (QED) is 0.691. The minimum Gasteiger partial charge on any atom is -0.373 e. The van der Waals surface area contributed by atoms with E-state index < -0.39 is 0 Å². The van der Waals surface area contributed by atoms with Gasteiger partial charge in [-0.2, -0.15) is 4.52 Å². The molecule has 3 aromatic rings. The van der Waals surface area contributed by atoms with Crippen molar-refractivity contribution in [3.63, 3.8) is 0 Å². The Labute approximate surface area is 156 Å². The Balaban J connectivity index is 1.39. The van der Waals surface area contributed by atoms with Gasteiger partial charge in [-0.15, -0.1) is 5.10 Å². The first-order valence-electron chi connectivity index (χ1n) is 9.03. The van der Waals surface area contributed by atoms with Crippen molar-refractivity contribution in [3.8, 4) is 0 Å². The molecule has 1 saturated heterocycles. The monoisotopic (exact) mass is 370 g/mol. The second-order valence-corrected chi connectivity index (χ2v) is 7.44. The molecule has 1 aromatic carbocycles. The molecule has 1 fully saturated rings. The summed E-state index contributed by atoms with van der Waals surface area (Å²) in [7, 11) is 0. The molecule has 0 atom stereocenters. The summed E-state index contributed by atoms with van der Waals surface area (Å²) in [6, 6.07) is 11.8. The maximum atomic E-state index is 12.2. The van der Waals surface area contributed by atoms with E-state index in [9.17, 15) is 4.79 Å². The summed E-state index contributed by atoms with van der Waals surface area (Å²) in [6.07, 6.45) is 2.95. The van der Waals surface area contributed by atoms with Crippen LogP contribution in [0.4, 0.5) is 5.13 Å². The second kappa shape index (κ2) is 7.55. The Morgan fingerprint density at radius 1 is 1.23 bits per heavy atom. The lowest BCUT2D eigenvalue weighted by atomic mass is 10.1. The maximum absolute atomic E-state index is 12.2. The minimum absolute atomic E-state index is 0.101. The van der Waals surface area contributed by atoms with E-state index in [1.807, 2.05) is 25.1 Å². The third-order valence-corrected chi connectivity index (χ3v) is 5.66. The van der Waals surface area contributed by atoms with Gasteiger partial charge in [0.1, 0.15) is 0 Å². The Morgan fingerprint density at radius 2 is 2.00 bits per heavy atom. The Hall–Kier alpha value is -2.25. The lowest BCUT2D eigenvalue weighted by Gasteiger charge is -2.31. The number of benzene rings is 1. The van der Waals surface area contributed by atoms with E-state index >= 15 is 0 Å². The number of aryl methyl sites for hydroxylation is 1. The number of piperidine rings is 1. The van der Waals surface area contributed by atoms with Crippen molar-refractivity contribution in [1.82, 2.24) is 14.6 Å². The van der Waals surface area contributed by atoms with Crippen LogP contribution in [0.25, 0.3) is 4.96 Å². The van der Waals surface area contributed by atoms with E-state index in [1.165, 1.54) is 21.4 Å². The molecular weight excluding hydrogens is 348 g/mol. The molecule has 0 radical (unpaired) electrons. The van der Waals surface area contributed by atoms with Crippen molar-refractivity contribution >= 4 is 21.4 Å². The van der Waals surface area contributed by atoms with Crippen LogP contribution in [-0.4, -0.2) is 33.8 Å². The van der Waals surface area contributed by atoms with Gasteiger partial charge in [0.25, 0.3) is 5.56 Å². The van der Waals surface area contributed by atoms with Gasteiger partial charge in [0, 0.05) is 24.8 Å². The Kier molecular flexibility index (Phi) is 4.99. The fraction of sp³-hybridized carbons (Fsp3) is 0.421. The molecule has 2 aromatic heterocycles. The molecule has 1 aliphatic heterocycles. The van der Waals surface area contributed by atoms with Crippen molar-refractivity contribution in [2.75, 3.05) is 18.0 Å². The third kappa shape index (κ3) is 3.64. The lowest BCUT2D eigenvalue weighted by Crippen LogP contribution is -2.37. The molecule has 4 rings (SSSR count). The molecular formula is C19H22N4O2S. The summed E-state index contributed by atoms with van der Waals surface area (Å²) >= 11 is 1.48. The van der Waals surface area contributed by atoms with Gasteiger partial charge in [0.05, 0.1) is 12.7 Å². The van der Waals surface area contributed by atoms with Gasteiger partial charge in [-0.05, 0) is 24.8 Å². The normalized spacial score (nSPS) is 15.7. The zero-order chi connectivity index (χ0) is 17.9. The van der Waals surface area contributed by atoms with Gasteiger partial charge in [-0.25, -0.2) is 4.98 Å². The highest BCUT2D eigenvalue weighted by molar-refractivity contribution is 7.20. The largest absolute Gasteiger partial charge is 0.373 e. The van der Waals surface area contributed by atoms with Crippen molar-refractivity contribution in [2.24, 2.45) is 0 Å². The van der Waals surface area contributed by atoms with Crippen LogP contribution >= 0.6 is 11.3 Å². The van der Waals surface area contributed by atoms with Gasteiger partial charge in [0.15, 0.2) is 0 Å². The van der Waals surface area contributed by atoms with Crippen LogP contribution < -0.4 is 10.5 Å². The summed E-state index contributed by atoms with van der Waals surface area (Å²) in [5, 5.41) is 5.34. The average molecular weight is 370 g/mol. The van der Waals surface area contributed by atoms with Gasteiger partial charge in [-0.1, -0.05) is 48.6 Å². The van der Waals surface area contributed by atoms with E-state index in [0.29, 0.717) is 11.6 Å². The summed E-state index contributed by atoms with van der Waals surface area (Å²) in [6.45, 7) is 4.43. The molecule has 0 unspecified atom stereocenters. The molecule has 136 valence electrons. The highest BCUT2D eigenvalue weighted by Gasteiger charge is 2.23. The van der Waals surface area contributed by atoms with Crippen molar-refractivity contribution in [2.45, 2.75) is 38.9 Å². The predicted molar refractivity (Wildman–Crippen MR) is 103 cm³/mol. The van der Waals surface area contributed by atoms with Crippen LogP contribution in [0.1, 0.15) is 31.0 Å². The first-order chi connectivity index (χ1) is 12.7. The zero-order valence-corrected chi connectivity index (χ0v) is 15.6. The summed E-state index contributed by atoms with van der Waals surface area (Å²) in [5.41, 5.74) is 1.92. The first kappa shape index (κ1) is 17.2. The number of aromatic nitrogens is 3. The zero-order valence-electron chi connectivity index (χ0n) is 14.8. The van der Waals surface area contributed by atoms with Gasteiger partial charge in [-0.3, -0.25) is 4.79 Å². The molecule has 0 saturated carbocycles. The number of hydrogen-bond donors (Lipinski definition) is 0. The fourth-order valence-corrected chi connectivity index (χ4v) is 4.13. The van der Waals surface area contributed by atoms with Crippen LogP contribution in [0.2, 0.25) is 0 Å². The standard InChI is InChI=1S/C19H22N4O2S/c1-2-15-12-17(24)23-18(20-15)26-19(21-23)22-10-8-16(9-11-22)25-13-14-6-4-3-5-7-14/h3-7,12,16H,2,8-11,13H2,1H3. The third-order valence-electron chi connectivity index (χ3n) is 4.69. The van der Waals surface area contributed by atoms with Crippen molar-refractivity contribution < 1.29 is 4.74 Å².